The number of thiazole rings is 1. The average Bonchev–Trinajstić information content (AvgIpc) is 2.95. The molecule has 3 rings (SSSR count). The van der Waals surface area contributed by atoms with Gasteiger partial charge < -0.3 is 10.1 Å². The Balaban J connectivity index is 1.59. The van der Waals surface area contributed by atoms with Crippen molar-refractivity contribution in [1.82, 2.24) is 10.3 Å². The van der Waals surface area contributed by atoms with E-state index in [-0.39, 0.29) is 5.82 Å². The quantitative estimate of drug-likeness (QED) is 0.937. The van der Waals surface area contributed by atoms with Crippen molar-refractivity contribution in [2.75, 3.05) is 6.61 Å². The minimum Gasteiger partial charge on any atom is -0.378 e. The summed E-state index contributed by atoms with van der Waals surface area (Å²) in [5, 5.41) is 6.55. The molecule has 2 aromatic rings. The van der Waals surface area contributed by atoms with Crippen molar-refractivity contribution in [3.63, 3.8) is 0 Å². The maximum absolute atomic E-state index is 12.9. The van der Waals surface area contributed by atoms with Crippen LogP contribution in [-0.4, -0.2) is 23.7 Å². The van der Waals surface area contributed by atoms with Crippen molar-refractivity contribution in [2.24, 2.45) is 0 Å². The van der Waals surface area contributed by atoms with Crippen LogP contribution in [0.15, 0.2) is 29.6 Å². The molecule has 1 aliphatic rings. The third kappa shape index (κ3) is 3.87. The Kier molecular flexibility index (Phi) is 4.63. The van der Waals surface area contributed by atoms with Crippen LogP contribution in [0, 0.1) is 5.82 Å². The summed E-state index contributed by atoms with van der Waals surface area (Å²) in [4.78, 5) is 4.62. The minimum atomic E-state index is -0.217. The molecule has 0 bridgehead atoms. The first-order valence-electron chi connectivity index (χ1n) is 7.26. The van der Waals surface area contributed by atoms with E-state index in [9.17, 15) is 4.39 Å². The highest BCUT2D eigenvalue weighted by Crippen LogP contribution is 2.24. The fraction of sp³-hybridized carbons (Fsp3) is 0.438. The first-order chi connectivity index (χ1) is 10.2. The number of benzene rings is 1. The lowest BCUT2D eigenvalue weighted by Crippen LogP contribution is -2.37. The van der Waals surface area contributed by atoms with Gasteiger partial charge in [-0.2, -0.15) is 0 Å². The minimum absolute atomic E-state index is 0.217. The van der Waals surface area contributed by atoms with Crippen LogP contribution in [0.5, 0.6) is 0 Å². The summed E-state index contributed by atoms with van der Waals surface area (Å²) in [6, 6.07) is 6.98. The largest absolute Gasteiger partial charge is 0.378 e. The molecule has 2 unspecified atom stereocenters. The van der Waals surface area contributed by atoms with E-state index in [1.54, 1.807) is 23.5 Å². The van der Waals surface area contributed by atoms with Gasteiger partial charge in [-0.05, 0) is 44.0 Å². The van der Waals surface area contributed by atoms with E-state index in [1.807, 2.05) is 0 Å². The van der Waals surface area contributed by atoms with Gasteiger partial charge in [-0.15, -0.1) is 11.3 Å². The third-order valence-corrected chi connectivity index (χ3v) is 4.64. The van der Waals surface area contributed by atoms with E-state index in [0.29, 0.717) is 12.1 Å². The van der Waals surface area contributed by atoms with Gasteiger partial charge in [0.2, 0.25) is 0 Å². The molecular formula is C16H19FN2OS. The van der Waals surface area contributed by atoms with Crippen LogP contribution in [0.3, 0.4) is 0 Å². The lowest BCUT2D eigenvalue weighted by atomic mass is 10.0. The van der Waals surface area contributed by atoms with Crippen LogP contribution in [0.25, 0.3) is 10.6 Å². The topological polar surface area (TPSA) is 34.2 Å². The summed E-state index contributed by atoms with van der Waals surface area (Å²) >= 11 is 1.60. The zero-order valence-corrected chi connectivity index (χ0v) is 12.8. The maximum Gasteiger partial charge on any atom is 0.123 e. The Hall–Kier alpha value is -1.30. The first-order valence-corrected chi connectivity index (χ1v) is 8.14. The highest BCUT2D eigenvalue weighted by Gasteiger charge is 2.18. The second-order valence-corrected chi connectivity index (χ2v) is 6.29. The van der Waals surface area contributed by atoms with Gasteiger partial charge in [0.15, 0.2) is 0 Å². The molecule has 1 aromatic carbocycles. The number of halogens is 1. The number of nitrogens with one attached hydrogen (secondary N) is 1. The van der Waals surface area contributed by atoms with Crippen molar-refractivity contribution in [3.05, 3.63) is 41.2 Å². The molecule has 1 aliphatic heterocycles. The number of hydrogen-bond donors (Lipinski definition) is 1. The second-order valence-electron chi connectivity index (χ2n) is 5.43. The Morgan fingerprint density at radius 1 is 1.38 bits per heavy atom. The fourth-order valence-corrected chi connectivity index (χ4v) is 3.37. The van der Waals surface area contributed by atoms with Gasteiger partial charge in [0.05, 0.1) is 11.8 Å². The monoisotopic (exact) mass is 306 g/mol. The second kappa shape index (κ2) is 6.64. The molecule has 112 valence electrons. The number of hydrogen-bond acceptors (Lipinski definition) is 4. The zero-order valence-electron chi connectivity index (χ0n) is 12.0. The summed E-state index contributed by atoms with van der Waals surface area (Å²) in [5.41, 5.74) is 2.01. The zero-order chi connectivity index (χ0) is 14.7. The molecule has 0 saturated carbocycles. The Morgan fingerprint density at radius 2 is 2.19 bits per heavy atom. The number of rotatable bonds is 4. The summed E-state index contributed by atoms with van der Waals surface area (Å²) in [6.07, 6.45) is 2.44. The van der Waals surface area contributed by atoms with Crippen LogP contribution in [0.2, 0.25) is 0 Å². The lowest BCUT2D eigenvalue weighted by molar-refractivity contribution is 0.0130. The maximum atomic E-state index is 12.9. The summed E-state index contributed by atoms with van der Waals surface area (Å²) < 4.78 is 18.5. The predicted molar refractivity (Wildman–Crippen MR) is 82.8 cm³/mol. The van der Waals surface area contributed by atoms with Crippen molar-refractivity contribution < 1.29 is 9.13 Å². The average molecular weight is 306 g/mol. The van der Waals surface area contributed by atoms with E-state index in [0.717, 1.165) is 42.3 Å². The molecule has 0 amide bonds. The number of ether oxygens (including phenoxy) is 1. The van der Waals surface area contributed by atoms with Crippen LogP contribution < -0.4 is 5.32 Å². The van der Waals surface area contributed by atoms with Crippen molar-refractivity contribution in [1.29, 1.82) is 0 Å². The third-order valence-electron chi connectivity index (χ3n) is 3.70. The standard InChI is InChI=1S/C16H19FN2OS/c1-11-8-14(6-7-20-11)18-9-15-10-21-16(19-15)12-2-4-13(17)5-3-12/h2-5,10-11,14,18H,6-9H2,1H3. The normalized spacial score (nSPS) is 22.4. The molecule has 1 aromatic heterocycles. The van der Waals surface area contributed by atoms with Crippen molar-refractivity contribution in [3.8, 4) is 10.6 Å². The van der Waals surface area contributed by atoms with Gasteiger partial charge in [0.25, 0.3) is 0 Å². The van der Waals surface area contributed by atoms with Gasteiger partial charge in [-0.25, -0.2) is 9.37 Å². The SMILES string of the molecule is CC1CC(NCc2csc(-c3ccc(F)cc3)n2)CCO1. The Bertz CT molecular complexity index is 584. The highest BCUT2D eigenvalue weighted by molar-refractivity contribution is 7.13. The predicted octanol–water partition coefficient (Wildman–Crippen LogP) is 3.61. The molecule has 2 heterocycles. The summed E-state index contributed by atoms with van der Waals surface area (Å²) in [5.74, 6) is -0.217. The summed E-state index contributed by atoms with van der Waals surface area (Å²) in [6.45, 7) is 3.72. The highest BCUT2D eigenvalue weighted by atomic mass is 32.1. The molecule has 5 heteroatoms. The number of nitrogens with zero attached hydrogens (tertiary/aromatic N) is 1. The van der Waals surface area contributed by atoms with Crippen molar-refractivity contribution in [2.45, 2.75) is 38.5 Å². The van der Waals surface area contributed by atoms with Gasteiger partial charge in [0, 0.05) is 30.1 Å². The first kappa shape index (κ1) is 14.6. The molecule has 0 aliphatic carbocycles. The molecule has 0 radical (unpaired) electrons. The summed E-state index contributed by atoms with van der Waals surface area (Å²) in [7, 11) is 0. The number of aromatic nitrogens is 1. The van der Waals surface area contributed by atoms with Crippen LogP contribution in [-0.2, 0) is 11.3 Å². The molecule has 1 N–H and O–H groups in total. The van der Waals surface area contributed by atoms with Gasteiger partial charge in [0.1, 0.15) is 10.8 Å². The van der Waals surface area contributed by atoms with Crippen LogP contribution in [0.4, 0.5) is 4.39 Å². The van der Waals surface area contributed by atoms with E-state index < -0.39 is 0 Å². The van der Waals surface area contributed by atoms with E-state index in [4.69, 9.17) is 4.74 Å². The van der Waals surface area contributed by atoms with Crippen LogP contribution >= 0.6 is 11.3 Å². The van der Waals surface area contributed by atoms with Gasteiger partial charge in [-0.1, -0.05) is 0 Å². The van der Waals surface area contributed by atoms with Crippen molar-refractivity contribution >= 4 is 11.3 Å². The van der Waals surface area contributed by atoms with E-state index >= 15 is 0 Å². The van der Waals surface area contributed by atoms with Gasteiger partial charge >= 0.3 is 0 Å². The van der Waals surface area contributed by atoms with Gasteiger partial charge in [-0.3, -0.25) is 0 Å². The molecule has 2 atom stereocenters. The molecule has 21 heavy (non-hydrogen) atoms. The Morgan fingerprint density at radius 3 is 2.95 bits per heavy atom. The van der Waals surface area contributed by atoms with E-state index in [2.05, 4.69) is 22.6 Å². The van der Waals surface area contributed by atoms with Crippen LogP contribution in [0.1, 0.15) is 25.5 Å². The van der Waals surface area contributed by atoms with E-state index in [1.165, 1.54) is 12.1 Å². The lowest BCUT2D eigenvalue weighted by Gasteiger charge is -2.27. The molecule has 1 fully saturated rings. The fourth-order valence-electron chi connectivity index (χ4n) is 2.55. The molecule has 3 nitrogen and oxygen atoms in total. The Labute approximate surface area is 128 Å². The molecule has 0 spiro atoms. The molecular weight excluding hydrogens is 287 g/mol. The smallest absolute Gasteiger partial charge is 0.123 e. The molecule has 1 saturated heterocycles.